The minimum absolute atomic E-state index is 0.802. The van der Waals surface area contributed by atoms with Gasteiger partial charge >= 0.3 is 0 Å². The second-order valence-electron chi connectivity index (χ2n) is 5.45. The highest BCUT2D eigenvalue weighted by Gasteiger charge is 2.11. The van der Waals surface area contributed by atoms with Crippen LogP contribution in [0.4, 0.5) is 5.82 Å². The Morgan fingerprint density at radius 2 is 1.90 bits per heavy atom. The Morgan fingerprint density at radius 3 is 2.50 bits per heavy atom. The zero-order valence-electron chi connectivity index (χ0n) is 13.7. The summed E-state index contributed by atoms with van der Waals surface area (Å²) >= 11 is 0. The van der Waals surface area contributed by atoms with Crippen molar-refractivity contribution in [2.75, 3.05) is 25.0 Å². The third kappa shape index (κ3) is 5.91. The average Bonchev–Trinajstić information content (AvgIpc) is 2.49. The van der Waals surface area contributed by atoms with Gasteiger partial charge in [0.25, 0.3) is 0 Å². The molecule has 0 fully saturated rings. The van der Waals surface area contributed by atoms with Crippen molar-refractivity contribution in [1.82, 2.24) is 9.88 Å². The fourth-order valence-electron chi connectivity index (χ4n) is 2.37. The van der Waals surface area contributed by atoms with Gasteiger partial charge in [-0.2, -0.15) is 0 Å². The summed E-state index contributed by atoms with van der Waals surface area (Å²) in [6.45, 7) is 13.2. The van der Waals surface area contributed by atoms with Crippen LogP contribution in [0.2, 0.25) is 0 Å². The molecular weight excluding hydrogens is 246 g/mol. The lowest BCUT2D eigenvalue weighted by Gasteiger charge is -2.25. The second-order valence-corrected chi connectivity index (χ2v) is 5.45. The molecule has 1 N–H and O–H groups in total. The van der Waals surface area contributed by atoms with Gasteiger partial charge in [0, 0.05) is 19.6 Å². The molecule has 114 valence electrons. The number of hydrogen-bond donors (Lipinski definition) is 1. The van der Waals surface area contributed by atoms with Crippen molar-refractivity contribution >= 4 is 5.82 Å². The van der Waals surface area contributed by atoms with E-state index in [2.05, 4.69) is 56.1 Å². The number of aromatic nitrogens is 1. The monoisotopic (exact) mass is 277 g/mol. The van der Waals surface area contributed by atoms with Crippen LogP contribution in [0.5, 0.6) is 0 Å². The van der Waals surface area contributed by atoms with Crippen molar-refractivity contribution < 1.29 is 0 Å². The van der Waals surface area contributed by atoms with E-state index in [9.17, 15) is 0 Å². The summed E-state index contributed by atoms with van der Waals surface area (Å²) in [4.78, 5) is 7.21. The summed E-state index contributed by atoms with van der Waals surface area (Å²) in [5, 5.41) is 3.36. The molecule has 3 heteroatoms. The molecule has 0 aromatic carbocycles. The molecule has 20 heavy (non-hydrogen) atoms. The molecule has 3 nitrogen and oxygen atoms in total. The third-order valence-electron chi connectivity index (χ3n) is 3.87. The molecule has 0 spiro atoms. The minimum Gasteiger partial charge on any atom is -0.370 e. The Morgan fingerprint density at radius 1 is 1.15 bits per heavy atom. The Kier molecular flexibility index (Phi) is 8.28. The van der Waals surface area contributed by atoms with E-state index >= 15 is 0 Å². The van der Waals surface area contributed by atoms with Crippen molar-refractivity contribution in [2.45, 2.75) is 53.5 Å². The Balaban J connectivity index is 2.60. The molecule has 1 heterocycles. The van der Waals surface area contributed by atoms with Crippen LogP contribution >= 0.6 is 0 Å². The minimum atomic E-state index is 0.802. The number of rotatable bonds is 10. The fraction of sp³-hybridized carbons (Fsp3) is 0.706. The molecule has 0 aliphatic carbocycles. The number of nitrogens with zero attached hydrogens (tertiary/aromatic N) is 2. The zero-order chi connectivity index (χ0) is 14.8. The number of nitrogens with one attached hydrogen (secondary N) is 1. The van der Waals surface area contributed by atoms with Gasteiger partial charge in [0.1, 0.15) is 5.82 Å². The summed E-state index contributed by atoms with van der Waals surface area (Å²) in [5.74, 6) is 1.80. The lowest BCUT2D eigenvalue weighted by molar-refractivity contribution is 0.224. The summed E-state index contributed by atoms with van der Waals surface area (Å²) in [7, 11) is 0. The lowest BCUT2D eigenvalue weighted by Crippen LogP contribution is -2.29. The van der Waals surface area contributed by atoms with Crippen molar-refractivity contribution in [3.8, 4) is 0 Å². The molecule has 0 aliphatic rings. The van der Waals surface area contributed by atoms with Gasteiger partial charge < -0.3 is 5.32 Å². The molecule has 0 atom stereocenters. The van der Waals surface area contributed by atoms with Gasteiger partial charge in [-0.3, -0.25) is 4.90 Å². The molecule has 0 saturated heterocycles. The van der Waals surface area contributed by atoms with Gasteiger partial charge in [0.2, 0.25) is 0 Å². The van der Waals surface area contributed by atoms with Crippen LogP contribution in [0.1, 0.15) is 52.7 Å². The summed E-state index contributed by atoms with van der Waals surface area (Å²) in [6.07, 6.45) is 3.65. The van der Waals surface area contributed by atoms with E-state index in [1.165, 1.54) is 25.1 Å². The van der Waals surface area contributed by atoms with Crippen molar-refractivity contribution in [3.63, 3.8) is 0 Å². The van der Waals surface area contributed by atoms with E-state index in [-0.39, 0.29) is 0 Å². The third-order valence-corrected chi connectivity index (χ3v) is 3.87. The normalized spacial score (nSPS) is 11.3. The Labute approximate surface area is 124 Å². The van der Waals surface area contributed by atoms with E-state index < -0.39 is 0 Å². The van der Waals surface area contributed by atoms with Gasteiger partial charge in [-0.15, -0.1) is 0 Å². The molecule has 0 radical (unpaired) electrons. The Hall–Kier alpha value is -1.09. The van der Waals surface area contributed by atoms with E-state index in [0.29, 0.717) is 0 Å². The van der Waals surface area contributed by atoms with Crippen LogP contribution in [0.15, 0.2) is 18.2 Å². The number of anilines is 1. The maximum Gasteiger partial charge on any atom is 0.126 e. The van der Waals surface area contributed by atoms with E-state index in [1.54, 1.807) is 0 Å². The largest absolute Gasteiger partial charge is 0.370 e. The predicted octanol–water partition coefficient (Wildman–Crippen LogP) is 4.16. The van der Waals surface area contributed by atoms with Gasteiger partial charge in [-0.25, -0.2) is 4.98 Å². The topological polar surface area (TPSA) is 28.2 Å². The molecule has 1 aromatic heterocycles. The summed E-state index contributed by atoms with van der Waals surface area (Å²) in [6, 6.07) is 6.29. The molecule has 1 rings (SSSR count). The van der Waals surface area contributed by atoms with Gasteiger partial charge in [0.15, 0.2) is 0 Å². The van der Waals surface area contributed by atoms with Crippen LogP contribution in [-0.2, 0) is 6.54 Å². The molecule has 0 saturated carbocycles. The maximum absolute atomic E-state index is 4.70. The smallest absolute Gasteiger partial charge is 0.126 e. The molecular formula is C17H31N3. The standard InChI is InChI=1S/C17H31N3/c1-5-12-18-17-11-9-10-16(19-17)14-20(8-4)13-15(6-2)7-3/h9-11,15H,5-8,12-14H2,1-4H3,(H,18,19). The highest BCUT2D eigenvalue weighted by atomic mass is 15.1. The molecule has 0 amide bonds. The van der Waals surface area contributed by atoms with E-state index in [4.69, 9.17) is 4.98 Å². The second kappa shape index (κ2) is 9.76. The van der Waals surface area contributed by atoms with E-state index in [1.807, 2.05) is 0 Å². The summed E-state index contributed by atoms with van der Waals surface area (Å²) < 4.78 is 0. The number of pyridine rings is 1. The first-order chi connectivity index (χ1) is 9.73. The first-order valence-electron chi connectivity index (χ1n) is 8.15. The first kappa shape index (κ1) is 17.0. The molecule has 0 aliphatic heterocycles. The van der Waals surface area contributed by atoms with Crippen molar-refractivity contribution in [2.24, 2.45) is 5.92 Å². The molecule has 0 bridgehead atoms. The zero-order valence-corrected chi connectivity index (χ0v) is 13.7. The highest BCUT2D eigenvalue weighted by molar-refractivity contribution is 5.35. The number of hydrogen-bond acceptors (Lipinski definition) is 3. The fourth-order valence-corrected chi connectivity index (χ4v) is 2.37. The van der Waals surface area contributed by atoms with Crippen molar-refractivity contribution in [3.05, 3.63) is 23.9 Å². The summed E-state index contributed by atoms with van der Waals surface area (Å²) in [5.41, 5.74) is 1.17. The Bertz CT molecular complexity index is 361. The first-order valence-corrected chi connectivity index (χ1v) is 8.15. The molecule has 0 unspecified atom stereocenters. The van der Waals surface area contributed by atoms with Gasteiger partial charge in [0.05, 0.1) is 5.69 Å². The molecule has 1 aromatic rings. The highest BCUT2D eigenvalue weighted by Crippen LogP contribution is 2.13. The van der Waals surface area contributed by atoms with Gasteiger partial charge in [-0.1, -0.05) is 46.6 Å². The van der Waals surface area contributed by atoms with Crippen LogP contribution < -0.4 is 5.32 Å². The predicted molar refractivity (Wildman–Crippen MR) is 88.0 cm³/mol. The van der Waals surface area contributed by atoms with Crippen molar-refractivity contribution in [1.29, 1.82) is 0 Å². The van der Waals surface area contributed by atoms with E-state index in [0.717, 1.165) is 37.8 Å². The van der Waals surface area contributed by atoms with Crippen LogP contribution in [0.3, 0.4) is 0 Å². The van der Waals surface area contributed by atoms with Crippen LogP contribution in [-0.4, -0.2) is 29.5 Å². The van der Waals surface area contributed by atoms with Gasteiger partial charge in [-0.05, 0) is 31.0 Å². The van der Waals surface area contributed by atoms with Crippen LogP contribution in [0.25, 0.3) is 0 Å². The maximum atomic E-state index is 4.70. The lowest BCUT2D eigenvalue weighted by atomic mass is 10.0. The van der Waals surface area contributed by atoms with Crippen LogP contribution in [0, 0.1) is 5.92 Å². The average molecular weight is 277 g/mol. The quantitative estimate of drug-likeness (QED) is 0.696. The SMILES string of the molecule is CCCNc1cccc(CN(CC)CC(CC)CC)n1.